The van der Waals surface area contributed by atoms with Crippen LogP contribution in [0, 0.1) is 17.1 Å². The maximum Gasteiger partial charge on any atom is 0.410 e. The zero-order chi connectivity index (χ0) is 16.3. The minimum absolute atomic E-state index is 0.0447. The third-order valence-electron chi connectivity index (χ3n) is 3.28. The number of rotatable bonds is 3. The minimum atomic E-state index is -0.508. The van der Waals surface area contributed by atoms with Crippen LogP contribution in [0.1, 0.15) is 31.9 Å². The lowest BCUT2D eigenvalue weighted by molar-refractivity contribution is 0.00518. The summed E-state index contributed by atoms with van der Waals surface area (Å²) in [6.07, 6.45) is -0.306. The number of hydrogen-bond acceptors (Lipinski definition) is 4. The molecule has 1 heterocycles. The minimum Gasteiger partial charge on any atom is -0.444 e. The monoisotopic (exact) mass is 305 g/mol. The number of carbonyl (C=O) groups excluding carboxylic acids is 1. The molecule has 0 unspecified atom stereocenters. The molecule has 1 N–H and O–H groups in total. The highest BCUT2D eigenvalue weighted by molar-refractivity contribution is 5.69. The Morgan fingerprint density at radius 2 is 2.18 bits per heavy atom. The molecule has 1 aromatic rings. The molecule has 1 fully saturated rings. The van der Waals surface area contributed by atoms with Crippen LogP contribution in [-0.2, 0) is 11.3 Å². The molecular formula is C16H20FN3O2. The molecule has 0 saturated carbocycles. The lowest BCUT2D eigenvalue weighted by Crippen LogP contribution is -2.60. The van der Waals surface area contributed by atoms with E-state index in [9.17, 15) is 9.18 Å². The van der Waals surface area contributed by atoms with Gasteiger partial charge in [0.2, 0.25) is 0 Å². The van der Waals surface area contributed by atoms with Crippen LogP contribution in [0.4, 0.5) is 9.18 Å². The van der Waals surface area contributed by atoms with Crippen molar-refractivity contribution in [3.63, 3.8) is 0 Å². The molecular weight excluding hydrogens is 285 g/mol. The van der Waals surface area contributed by atoms with Gasteiger partial charge in [0.1, 0.15) is 17.5 Å². The molecule has 0 aliphatic carbocycles. The Kier molecular flexibility index (Phi) is 4.67. The second-order valence-corrected chi connectivity index (χ2v) is 6.39. The fourth-order valence-corrected chi connectivity index (χ4v) is 2.11. The van der Waals surface area contributed by atoms with Crippen LogP contribution in [0.2, 0.25) is 0 Å². The fraction of sp³-hybridized carbons (Fsp3) is 0.500. The molecule has 0 atom stereocenters. The first kappa shape index (κ1) is 16.2. The molecule has 22 heavy (non-hydrogen) atoms. The van der Waals surface area contributed by atoms with Crippen molar-refractivity contribution in [2.24, 2.45) is 0 Å². The molecule has 0 bridgehead atoms. The van der Waals surface area contributed by atoms with E-state index in [0.717, 1.165) is 5.56 Å². The van der Waals surface area contributed by atoms with E-state index >= 15 is 0 Å². The summed E-state index contributed by atoms with van der Waals surface area (Å²) < 4.78 is 18.5. The third kappa shape index (κ3) is 4.18. The Bertz CT molecular complexity index is 598. The number of benzene rings is 1. The van der Waals surface area contributed by atoms with Crippen molar-refractivity contribution < 1.29 is 13.9 Å². The van der Waals surface area contributed by atoms with E-state index in [4.69, 9.17) is 10.00 Å². The Balaban J connectivity index is 1.77. The highest BCUT2D eigenvalue weighted by Crippen LogP contribution is 2.16. The molecule has 1 aromatic carbocycles. The Labute approximate surface area is 129 Å². The number of nitriles is 1. The highest BCUT2D eigenvalue weighted by Gasteiger charge is 2.33. The van der Waals surface area contributed by atoms with Crippen LogP contribution >= 0.6 is 0 Å². The van der Waals surface area contributed by atoms with Gasteiger partial charge < -0.3 is 15.0 Å². The van der Waals surface area contributed by atoms with Gasteiger partial charge in [-0.3, -0.25) is 0 Å². The lowest BCUT2D eigenvalue weighted by Gasteiger charge is -2.40. The summed E-state index contributed by atoms with van der Waals surface area (Å²) >= 11 is 0. The van der Waals surface area contributed by atoms with E-state index in [0.29, 0.717) is 19.6 Å². The second-order valence-electron chi connectivity index (χ2n) is 6.39. The molecule has 1 amide bonds. The zero-order valence-corrected chi connectivity index (χ0v) is 13.0. The lowest BCUT2D eigenvalue weighted by atomic mass is 10.1. The van der Waals surface area contributed by atoms with Crippen molar-refractivity contribution in [3.05, 3.63) is 35.1 Å². The standard InChI is InChI=1S/C16H20FN3O2/c1-16(2,3)22-15(21)20-9-13(10-20)19-8-11-4-5-14(17)12(6-11)7-18/h4-6,13,19H,8-10H2,1-3H3. The summed E-state index contributed by atoms with van der Waals surface area (Å²) in [5.41, 5.74) is 0.397. The maximum atomic E-state index is 13.2. The Hall–Kier alpha value is -2.13. The average molecular weight is 305 g/mol. The van der Waals surface area contributed by atoms with Gasteiger partial charge in [-0.15, -0.1) is 0 Å². The van der Waals surface area contributed by atoms with Crippen molar-refractivity contribution in [3.8, 4) is 6.07 Å². The quantitative estimate of drug-likeness (QED) is 0.931. The number of amides is 1. The summed E-state index contributed by atoms with van der Waals surface area (Å²) in [5.74, 6) is -0.508. The van der Waals surface area contributed by atoms with Crippen molar-refractivity contribution in [2.45, 2.75) is 39.0 Å². The first-order chi connectivity index (χ1) is 10.3. The first-order valence-electron chi connectivity index (χ1n) is 7.18. The van der Waals surface area contributed by atoms with Gasteiger partial charge in [0.05, 0.1) is 5.56 Å². The molecule has 0 aromatic heterocycles. The SMILES string of the molecule is CC(C)(C)OC(=O)N1CC(NCc2ccc(F)c(C#N)c2)C1. The topological polar surface area (TPSA) is 65.4 Å². The number of hydrogen-bond donors (Lipinski definition) is 1. The Morgan fingerprint density at radius 1 is 1.50 bits per heavy atom. The molecule has 118 valence electrons. The number of likely N-dealkylation sites (tertiary alicyclic amines) is 1. The fourth-order valence-electron chi connectivity index (χ4n) is 2.11. The molecule has 0 spiro atoms. The normalized spacial score (nSPS) is 15.1. The zero-order valence-electron chi connectivity index (χ0n) is 13.0. The molecule has 0 radical (unpaired) electrons. The molecule has 2 rings (SSSR count). The molecule has 1 aliphatic heterocycles. The molecule has 1 saturated heterocycles. The van der Waals surface area contributed by atoms with Crippen molar-refractivity contribution >= 4 is 6.09 Å². The van der Waals surface area contributed by atoms with Gasteiger partial charge in [-0.25, -0.2) is 9.18 Å². The van der Waals surface area contributed by atoms with E-state index < -0.39 is 11.4 Å². The average Bonchev–Trinajstić information content (AvgIpc) is 2.36. The molecule has 1 aliphatic rings. The first-order valence-corrected chi connectivity index (χ1v) is 7.18. The van der Waals surface area contributed by atoms with E-state index in [1.54, 1.807) is 11.0 Å². The third-order valence-corrected chi connectivity index (χ3v) is 3.28. The van der Waals surface area contributed by atoms with Crippen LogP contribution in [0.15, 0.2) is 18.2 Å². The van der Waals surface area contributed by atoms with Crippen molar-refractivity contribution in [1.29, 1.82) is 5.26 Å². The number of ether oxygens (including phenoxy) is 1. The summed E-state index contributed by atoms with van der Waals surface area (Å²) in [7, 11) is 0. The van der Waals surface area contributed by atoms with Crippen LogP contribution < -0.4 is 5.32 Å². The van der Waals surface area contributed by atoms with Crippen LogP contribution in [0.5, 0.6) is 0 Å². The Morgan fingerprint density at radius 3 is 2.77 bits per heavy atom. The van der Waals surface area contributed by atoms with E-state index in [-0.39, 0.29) is 17.7 Å². The van der Waals surface area contributed by atoms with Gasteiger partial charge in [0, 0.05) is 25.7 Å². The predicted octanol–water partition coefficient (Wildman–Crippen LogP) is 2.41. The molecule has 5 nitrogen and oxygen atoms in total. The van der Waals surface area contributed by atoms with Gasteiger partial charge in [0.25, 0.3) is 0 Å². The smallest absolute Gasteiger partial charge is 0.410 e. The summed E-state index contributed by atoms with van der Waals surface area (Å²) in [6.45, 7) is 7.20. The summed E-state index contributed by atoms with van der Waals surface area (Å²) in [5, 5.41) is 12.1. The van der Waals surface area contributed by atoms with Crippen molar-refractivity contribution in [2.75, 3.05) is 13.1 Å². The summed E-state index contributed by atoms with van der Waals surface area (Å²) in [6, 6.07) is 6.48. The van der Waals surface area contributed by atoms with Gasteiger partial charge in [-0.05, 0) is 38.5 Å². The van der Waals surface area contributed by atoms with E-state index in [2.05, 4.69) is 5.32 Å². The highest BCUT2D eigenvalue weighted by atomic mass is 19.1. The second kappa shape index (κ2) is 6.32. The largest absolute Gasteiger partial charge is 0.444 e. The van der Waals surface area contributed by atoms with Crippen LogP contribution in [0.3, 0.4) is 0 Å². The maximum absolute atomic E-state index is 13.2. The van der Waals surface area contributed by atoms with Crippen LogP contribution in [-0.4, -0.2) is 35.7 Å². The van der Waals surface area contributed by atoms with Gasteiger partial charge in [-0.1, -0.05) is 6.07 Å². The van der Waals surface area contributed by atoms with E-state index in [1.165, 1.54) is 12.1 Å². The van der Waals surface area contributed by atoms with Gasteiger partial charge in [-0.2, -0.15) is 5.26 Å². The van der Waals surface area contributed by atoms with Crippen LogP contribution in [0.25, 0.3) is 0 Å². The van der Waals surface area contributed by atoms with Gasteiger partial charge >= 0.3 is 6.09 Å². The van der Waals surface area contributed by atoms with Gasteiger partial charge in [0.15, 0.2) is 0 Å². The van der Waals surface area contributed by atoms with Crippen molar-refractivity contribution in [1.82, 2.24) is 10.2 Å². The molecule has 6 heteroatoms. The summed E-state index contributed by atoms with van der Waals surface area (Å²) in [4.78, 5) is 13.4. The number of halogens is 1. The number of nitrogens with one attached hydrogen (secondary N) is 1. The number of nitrogens with zero attached hydrogens (tertiary/aromatic N) is 2. The van der Waals surface area contributed by atoms with E-state index in [1.807, 2.05) is 26.8 Å². The predicted molar refractivity (Wildman–Crippen MR) is 79.5 cm³/mol. The number of carbonyl (C=O) groups is 1.